The Bertz CT molecular complexity index is 546. The number of hydrogen-bond donors (Lipinski definition) is 0. The van der Waals surface area contributed by atoms with Crippen LogP contribution in [0, 0.1) is 0 Å². The zero-order valence-corrected chi connectivity index (χ0v) is 7.34. The molecular formula is C11H10N2O. The summed E-state index contributed by atoms with van der Waals surface area (Å²) in [6.07, 6.45) is 3.66. The maximum absolute atomic E-state index is 10.6. The van der Waals surface area contributed by atoms with Gasteiger partial charge in [-0.3, -0.25) is 9.48 Å². The highest BCUT2D eigenvalue weighted by atomic mass is 16.1. The van der Waals surface area contributed by atoms with Crippen LogP contribution in [0.15, 0.2) is 36.7 Å². The maximum Gasteiger partial charge on any atom is 0.150 e. The monoisotopic (exact) mass is 189 g/mol. The van der Waals surface area contributed by atoms with Crippen LogP contribution in [0.4, 0.5) is 0 Å². The number of aromatic nitrogens is 2. The van der Waals surface area contributed by atoms with E-state index < -0.39 is 6.98 Å². The Morgan fingerprint density at radius 2 is 2.43 bits per heavy atom. The van der Waals surface area contributed by atoms with Gasteiger partial charge in [0.1, 0.15) is 6.29 Å². The van der Waals surface area contributed by atoms with Crippen molar-refractivity contribution in [1.82, 2.24) is 9.78 Å². The Morgan fingerprint density at radius 1 is 1.50 bits per heavy atom. The molecule has 0 aliphatic heterocycles. The quantitative estimate of drug-likeness (QED) is 0.676. The fourth-order valence-corrected chi connectivity index (χ4v) is 1.26. The second kappa shape index (κ2) is 3.46. The molecule has 0 N–H and O–H groups in total. The van der Waals surface area contributed by atoms with Gasteiger partial charge in [-0.15, -0.1) is 0 Å². The number of aldehydes is 1. The Labute approximate surface area is 86.2 Å². The fraction of sp³-hybridized carbons (Fsp3) is 0.0909. The Hall–Kier alpha value is -1.90. The second-order valence-corrected chi connectivity index (χ2v) is 2.92. The van der Waals surface area contributed by atoms with Gasteiger partial charge in [-0.2, -0.15) is 5.10 Å². The molecule has 1 heterocycles. The third-order valence-corrected chi connectivity index (χ3v) is 1.94. The fourth-order valence-electron chi connectivity index (χ4n) is 1.26. The van der Waals surface area contributed by atoms with Gasteiger partial charge in [-0.05, 0) is 11.6 Å². The maximum atomic E-state index is 10.6. The van der Waals surface area contributed by atoms with E-state index in [1.807, 2.05) is 0 Å². The van der Waals surface area contributed by atoms with Gasteiger partial charge in [0.2, 0.25) is 0 Å². The van der Waals surface area contributed by atoms with Crippen molar-refractivity contribution < 1.29 is 8.91 Å². The third-order valence-electron chi connectivity index (χ3n) is 1.94. The number of aryl methyl sites for hydroxylation is 1. The molecular weight excluding hydrogens is 176 g/mol. The highest BCUT2D eigenvalue weighted by Gasteiger charge is 2.00. The van der Waals surface area contributed by atoms with Gasteiger partial charge in [0.25, 0.3) is 0 Å². The number of carbonyl (C=O) groups is 1. The van der Waals surface area contributed by atoms with Crippen LogP contribution in [0.2, 0.25) is 0 Å². The van der Waals surface area contributed by atoms with Crippen molar-refractivity contribution in [2.24, 2.45) is 6.98 Å². The van der Waals surface area contributed by atoms with E-state index >= 15 is 0 Å². The first kappa shape index (κ1) is 5.75. The SMILES string of the molecule is [2H]C([2H])([2H])n1cc(-c2cccc(C=O)c2)cn1. The van der Waals surface area contributed by atoms with Gasteiger partial charge < -0.3 is 0 Å². The summed E-state index contributed by atoms with van der Waals surface area (Å²) in [6, 6.07) is 6.91. The summed E-state index contributed by atoms with van der Waals surface area (Å²) < 4.78 is 22.5. The summed E-state index contributed by atoms with van der Waals surface area (Å²) in [5, 5.41) is 3.79. The average molecular weight is 189 g/mol. The smallest absolute Gasteiger partial charge is 0.150 e. The lowest BCUT2D eigenvalue weighted by molar-refractivity contribution is 0.112. The average Bonchev–Trinajstić information content (AvgIpc) is 2.78. The molecule has 0 amide bonds. The summed E-state index contributed by atoms with van der Waals surface area (Å²) in [6.45, 7) is -2.28. The van der Waals surface area contributed by atoms with E-state index in [2.05, 4.69) is 5.10 Å². The number of carbonyl (C=O) groups excluding carboxylic acids is 1. The number of hydrogen-bond acceptors (Lipinski definition) is 2. The zero-order chi connectivity index (χ0) is 12.5. The molecule has 3 nitrogen and oxygen atoms in total. The first-order chi connectivity index (χ1) is 8.00. The van der Waals surface area contributed by atoms with E-state index in [0.29, 0.717) is 11.1 Å². The van der Waals surface area contributed by atoms with Crippen molar-refractivity contribution in [3.63, 3.8) is 0 Å². The summed E-state index contributed by atoms with van der Waals surface area (Å²) in [5.74, 6) is 0. The van der Waals surface area contributed by atoms with E-state index in [-0.39, 0.29) is 0 Å². The van der Waals surface area contributed by atoms with Crippen LogP contribution in [0.3, 0.4) is 0 Å². The third kappa shape index (κ3) is 1.57. The lowest BCUT2D eigenvalue weighted by Gasteiger charge is -1.96. The summed E-state index contributed by atoms with van der Waals surface area (Å²) >= 11 is 0. The van der Waals surface area contributed by atoms with Crippen molar-refractivity contribution in [1.29, 1.82) is 0 Å². The predicted molar refractivity (Wildman–Crippen MR) is 54.0 cm³/mol. The van der Waals surface area contributed by atoms with Crippen molar-refractivity contribution >= 4 is 6.29 Å². The Kier molecular flexibility index (Phi) is 1.42. The van der Waals surface area contributed by atoms with Crippen LogP contribution in [0.5, 0.6) is 0 Å². The van der Waals surface area contributed by atoms with Crippen LogP contribution < -0.4 is 0 Å². The van der Waals surface area contributed by atoms with Gasteiger partial charge in [-0.25, -0.2) is 0 Å². The van der Waals surface area contributed by atoms with Crippen LogP contribution in [-0.2, 0) is 6.98 Å². The number of rotatable bonds is 2. The molecule has 0 saturated carbocycles. The highest BCUT2D eigenvalue weighted by molar-refractivity contribution is 5.78. The molecule has 3 heteroatoms. The van der Waals surface area contributed by atoms with Gasteiger partial charge in [-0.1, -0.05) is 18.2 Å². The minimum atomic E-state index is -2.28. The highest BCUT2D eigenvalue weighted by Crippen LogP contribution is 2.18. The van der Waals surface area contributed by atoms with Crippen molar-refractivity contribution in [2.45, 2.75) is 0 Å². The van der Waals surface area contributed by atoms with Crippen molar-refractivity contribution in [2.75, 3.05) is 0 Å². The predicted octanol–water partition coefficient (Wildman–Crippen LogP) is 1.90. The molecule has 0 bridgehead atoms. The molecule has 2 rings (SSSR count). The van der Waals surface area contributed by atoms with E-state index in [9.17, 15) is 4.79 Å². The molecule has 0 spiro atoms. The largest absolute Gasteiger partial charge is 0.298 e. The lowest BCUT2D eigenvalue weighted by atomic mass is 10.1. The van der Waals surface area contributed by atoms with Gasteiger partial charge in [0, 0.05) is 28.4 Å². The van der Waals surface area contributed by atoms with Crippen molar-refractivity contribution in [3.05, 3.63) is 42.2 Å². The molecule has 0 unspecified atom stereocenters. The Morgan fingerprint density at radius 3 is 3.14 bits per heavy atom. The minimum Gasteiger partial charge on any atom is -0.298 e. The molecule has 0 radical (unpaired) electrons. The summed E-state index contributed by atoms with van der Waals surface area (Å²) in [7, 11) is 0. The molecule has 0 fully saturated rings. The van der Waals surface area contributed by atoms with Gasteiger partial charge >= 0.3 is 0 Å². The second-order valence-electron chi connectivity index (χ2n) is 2.92. The van der Waals surface area contributed by atoms with Crippen LogP contribution in [-0.4, -0.2) is 16.1 Å². The summed E-state index contributed by atoms with van der Waals surface area (Å²) in [5.41, 5.74) is 1.99. The van der Waals surface area contributed by atoms with E-state index in [1.54, 1.807) is 24.3 Å². The number of benzene rings is 1. The molecule has 0 saturated heterocycles. The zero-order valence-electron chi connectivity index (χ0n) is 10.3. The molecule has 1 aromatic heterocycles. The first-order valence-electron chi connectivity index (χ1n) is 5.61. The van der Waals surface area contributed by atoms with Crippen molar-refractivity contribution in [3.8, 4) is 11.1 Å². The first-order valence-corrected chi connectivity index (χ1v) is 4.11. The van der Waals surface area contributed by atoms with E-state index in [1.165, 1.54) is 12.4 Å². The topological polar surface area (TPSA) is 34.9 Å². The molecule has 2 aromatic rings. The Balaban J connectivity index is 2.40. The standard InChI is InChI=1S/C11H10N2O/c1-13-7-11(6-12-13)10-4-2-3-9(5-10)8-14/h2-8H,1H3/i1D3. The van der Waals surface area contributed by atoms with Gasteiger partial charge in [0.15, 0.2) is 0 Å². The normalized spacial score (nSPS) is 14.1. The lowest BCUT2D eigenvalue weighted by Crippen LogP contribution is -1.84. The number of nitrogens with zero attached hydrogens (tertiary/aromatic N) is 2. The van der Waals surface area contributed by atoms with Gasteiger partial charge in [0.05, 0.1) is 6.20 Å². The van der Waals surface area contributed by atoms with Crippen LogP contribution in [0.25, 0.3) is 11.1 Å². The molecule has 70 valence electrons. The molecule has 14 heavy (non-hydrogen) atoms. The van der Waals surface area contributed by atoms with E-state index in [4.69, 9.17) is 4.11 Å². The molecule has 1 aromatic carbocycles. The van der Waals surface area contributed by atoms with Crippen LogP contribution >= 0.6 is 0 Å². The molecule has 0 aliphatic rings. The molecule has 0 atom stereocenters. The molecule has 0 aliphatic carbocycles. The van der Waals surface area contributed by atoms with E-state index in [0.717, 1.165) is 16.5 Å². The summed E-state index contributed by atoms with van der Waals surface area (Å²) in [4.78, 5) is 10.6. The van der Waals surface area contributed by atoms with Crippen LogP contribution in [0.1, 0.15) is 14.5 Å². The minimum absolute atomic E-state index is 0.545.